The summed E-state index contributed by atoms with van der Waals surface area (Å²) in [5.41, 5.74) is 1.30. The fraction of sp³-hybridized carbons (Fsp3) is 0.429. The van der Waals surface area contributed by atoms with Crippen molar-refractivity contribution in [3.63, 3.8) is 0 Å². The SMILES string of the molecule is O=C([O-])CC1Cc2ccccc2CN(CC(F)(F)F)C1=O. The molecule has 1 unspecified atom stereocenters. The van der Waals surface area contributed by atoms with Crippen LogP contribution in [-0.4, -0.2) is 29.5 Å². The molecule has 0 aliphatic carbocycles. The minimum Gasteiger partial charge on any atom is -0.550 e. The zero-order valence-corrected chi connectivity index (χ0v) is 11.0. The molecule has 1 heterocycles. The van der Waals surface area contributed by atoms with Gasteiger partial charge in [0.1, 0.15) is 6.54 Å². The van der Waals surface area contributed by atoms with Crippen LogP contribution in [0, 0.1) is 5.92 Å². The van der Waals surface area contributed by atoms with Crippen LogP contribution in [0.15, 0.2) is 24.3 Å². The second kappa shape index (κ2) is 5.75. The molecule has 0 saturated heterocycles. The van der Waals surface area contributed by atoms with Crippen molar-refractivity contribution >= 4 is 11.9 Å². The molecule has 1 atom stereocenters. The van der Waals surface area contributed by atoms with Crippen LogP contribution >= 0.6 is 0 Å². The minimum absolute atomic E-state index is 0.108. The Hall–Kier alpha value is -2.05. The Labute approximate surface area is 119 Å². The molecule has 2 rings (SSSR count). The first-order valence-corrected chi connectivity index (χ1v) is 6.38. The van der Waals surface area contributed by atoms with Crippen LogP contribution in [-0.2, 0) is 22.6 Å². The predicted molar refractivity (Wildman–Crippen MR) is 64.7 cm³/mol. The molecule has 1 aromatic rings. The van der Waals surface area contributed by atoms with E-state index in [4.69, 9.17) is 0 Å². The van der Waals surface area contributed by atoms with Gasteiger partial charge < -0.3 is 14.8 Å². The zero-order chi connectivity index (χ0) is 15.6. The molecule has 0 N–H and O–H groups in total. The molecule has 1 aromatic carbocycles. The van der Waals surface area contributed by atoms with Crippen LogP contribution in [0.1, 0.15) is 17.5 Å². The molecular weight excluding hydrogens is 287 g/mol. The Morgan fingerprint density at radius 1 is 1.29 bits per heavy atom. The standard InChI is InChI=1S/C14H14F3NO3/c15-14(16,17)8-18-7-10-4-2-1-3-9(10)5-11(13(18)21)6-12(19)20/h1-4,11H,5-8H2,(H,19,20)/p-1. The van der Waals surface area contributed by atoms with Crippen LogP contribution in [0.4, 0.5) is 13.2 Å². The number of alkyl halides is 3. The van der Waals surface area contributed by atoms with Gasteiger partial charge in [0.25, 0.3) is 0 Å². The summed E-state index contributed by atoms with van der Waals surface area (Å²) < 4.78 is 37.8. The number of fused-ring (bicyclic) bond motifs is 1. The van der Waals surface area contributed by atoms with E-state index < -0.39 is 36.9 Å². The van der Waals surface area contributed by atoms with E-state index >= 15 is 0 Å². The molecule has 1 aliphatic rings. The Kier molecular flexibility index (Phi) is 4.20. The van der Waals surface area contributed by atoms with E-state index in [-0.39, 0.29) is 13.0 Å². The van der Waals surface area contributed by atoms with Gasteiger partial charge in [0, 0.05) is 18.4 Å². The summed E-state index contributed by atoms with van der Waals surface area (Å²) in [5, 5.41) is 10.7. The summed E-state index contributed by atoms with van der Waals surface area (Å²) in [6.07, 6.45) is -5.00. The number of carboxylic acids is 1. The highest BCUT2D eigenvalue weighted by Crippen LogP contribution is 2.27. The van der Waals surface area contributed by atoms with E-state index in [0.29, 0.717) is 16.0 Å². The molecule has 1 amide bonds. The Morgan fingerprint density at radius 3 is 2.48 bits per heavy atom. The molecule has 0 saturated carbocycles. The maximum atomic E-state index is 12.6. The summed E-state index contributed by atoms with van der Waals surface area (Å²) in [7, 11) is 0. The maximum absolute atomic E-state index is 12.6. The smallest absolute Gasteiger partial charge is 0.406 e. The molecule has 7 heteroatoms. The number of amides is 1. The number of hydrogen-bond acceptors (Lipinski definition) is 3. The third-order valence-electron chi connectivity index (χ3n) is 3.39. The number of rotatable bonds is 3. The van der Waals surface area contributed by atoms with Crippen molar-refractivity contribution in [2.75, 3.05) is 6.54 Å². The molecule has 0 spiro atoms. The lowest BCUT2D eigenvalue weighted by Gasteiger charge is -2.25. The van der Waals surface area contributed by atoms with Crippen LogP contribution in [0.3, 0.4) is 0 Å². The van der Waals surface area contributed by atoms with Crippen molar-refractivity contribution in [2.45, 2.75) is 25.6 Å². The number of carbonyl (C=O) groups excluding carboxylic acids is 2. The fourth-order valence-electron chi connectivity index (χ4n) is 2.52. The number of carboxylic acid groups (broad SMARTS) is 1. The van der Waals surface area contributed by atoms with Crippen LogP contribution < -0.4 is 5.11 Å². The van der Waals surface area contributed by atoms with E-state index in [1.165, 1.54) is 0 Å². The van der Waals surface area contributed by atoms with Crippen LogP contribution in [0.5, 0.6) is 0 Å². The highest BCUT2D eigenvalue weighted by molar-refractivity contribution is 5.83. The molecule has 0 aromatic heterocycles. The lowest BCUT2D eigenvalue weighted by atomic mass is 9.94. The van der Waals surface area contributed by atoms with E-state index in [0.717, 1.165) is 0 Å². The van der Waals surface area contributed by atoms with Gasteiger partial charge in [-0.3, -0.25) is 4.79 Å². The average molecular weight is 300 g/mol. The van der Waals surface area contributed by atoms with Gasteiger partial charge in [-0.1, -0.05) is 24.3 Å². The molecule has 0 bridgehead atoms. The third-order valence-corrected chi connectivity index (χ3v) is 3.39. The van der Waals surface area contributed by atoms with E-state index in [2.05, 4.69) is 0 Å². The number of nitrogens with zero attached hydrogens (tertiary/aromatic N) is 1. The minimum atomic E-state index is -4.53. The predicted octanol–water partition coefficient (Wildman–Crippen LogP) is 0.890. The quantitative estimate of drug-likeness (QED) is 0.833. The van der Waals surface area contributed by atoms with E-state index in [1.54, 1.807) is 24.3 Å². The Bertz CT molecular complexity index is 557. The molecule has 1 aliphatic heterocycles. The lowest BCUT2D eigenvalue weighted by Crippen LogP contribution is -2.42. The molecule has 21 heavy (non-hydrogen) atoms. The Morgan fingerprint density at radius 2 is 1.90 bits per heavy atom. The van der Waals surface area contributed by atoms with Crippen molar-refractivity contribution in [1.29, 1.82) is 0 Å². The summed E-state index contributed by atoms with van der Waals surface area (Å²) >= 11 is 0. The summed E-state index contributed by atoms with van der Waals surface area (Å²) in [6, 6.07) is 6.72. The van der Waals surface area contributed by atoms with Crippen molar-refractivity contribution in [1.82, 2.24) is 4.90 Å². The van der Waals surface area contributed by atoms with Gasteiger partial charge >= 0.3 is 6.18 Å². The average Bonchev–Trinajstić information content (AvgIpc) is 2.47. The number of aliphatic carboxylic acids is 1. The fourth-order valence-corrected chi connectivity index (χ4v) is 2.52. The van der Waals surface area contributed by atoms with Crippen LogP contribution in [0.25, 0.3) is 0 Å². The molecular formula is C14H13F3NO3-. The zero-order valence-electron chi connectivity index (χ0n) is 11.0. The van der Waals surface area contributed by atoms with Crippen molar-refractivity contribution in [3.05, 3.63) is 35.4 Å². The second-order valence-electron chi connectivity index (χ2n) is 5.06. The first-order valence-electron chi connectivity index (χ1n) is 6.38. The van der Waals surface area contributed by atoms with Gasteiger partial charge in [-0.05, 0) is 24.0 Å². The number of carbonyl (C=O) groups is 2. The van der Waals surface area contributed by atoms with Gasteiger partial charge in [0.2, 0.25) is 5.91 Å². The summed E-state index contributed by atoms with van der Waals surface area (Å²) in [4.78, 5) is 23.6. The van der Waals surface area contributed by atoms with E-state index in [1.807, 2.05) is 0 Å². The highest BCUT2D eigenvalue weighted by Gasteiger charge is 2.37. The van der Waals surface area contributed by atoms with Gasteiger partial charge in [-0.15, -0.1) is 0 Å². The second-order valence-corrected chi connectivity index (χ2v) is 5.06. The van der Waals surface area contributed by atoms with Crippen molar-refractivity contribution in [2.24, 2.45) is 5.92 Å². The van der Waals surface area contributed by atoms with Crippen molar-refractivity contribution in [3.8, 4) is 0 Å². The van der Waals surface area contributed by atoms with Gasteiger partial charge in [0.05, 0.1) is 0 Å². The van der Waals surface area contributed by atoms with Gasteiger partial charge in [-0.2, -0.15) is 13.2 Å². The molecule has 4 nitrogen and oxygen atoms in total. The van der Waals surface area contributed by atoms with E-state index in [9.17, 15) is 27.9 Å². The number of benzene rings is 1. The molecule has 0 radical (unpaired) electrons. The van der Waals surface area contributed by atoms with Gasteiger partial charge in [0.15, 0.2) is 0 Å². The van der Waals surface area contributed by atoms with Gasteiger partial charge in [-0.25, -0.2) is 0 Å². The first kappa shape index (κ1) is 15.3. The first-order chi connectivity index (χ1) is 9.76. The normalized spacial score (nSPS) is 19.1. The van der Waals surface area contributed by atoms with Crippen LogP contribution in [0.2, 0.25) is 0 Å². The summed E-state index contributed by atoms with van der Waals surface area (Å²) in [5.74, 6) is -3.27. The topological polar surface area (TPSA) is 60.4 Å². The third kappa shape index (κ3) is 3.96. The monoisotopic (exact) mass is 300 g/mol. The number of halogens is 3. The molecule has 114 valence electrons. The summed E-state index contributed by atoms with van der Waals surface area (Å²) in [6.45, 7) is -1.55. The van der Waals surface area contributed by atoms with Crippen molar-refractivity contribution < 1.29 is 27.9 Å². The number of hydrogen-bond donors (Lipinski definition) is 0. The molecule has 0 fully saturated rings. The largest absolute Gasteiger partial charge is 0.550 e. The lowest BCUT2D eigenvalue weighted by molar-refractivity contribution is -0.306. The maximum Gasteiger partial charge on any atom is 0.406 e. The highest BCUT2D eigenvalue weighted by atomic mass is 19.4. The Balaban J connectivity index is 2.33.